The van der Waals surface area contributed by atoms with Crippen LogP contribution in [0.2, 0.25) is 5.02 Å². The highest BCUT2D eigenvalue weighted by Crippen LogP contribution is 2.32. The Morgan fingerprint density at radius 1 is 1.21 bits per heavy atom. The maximum absolute atomic E-state index is 13.2. The number of nitrogens with zero attached hydrogens (tertiary/aromatic N) is 2. The fourth-order valence-corrected chi connectivity index (χ4v) is 3.94. The number of amides is 1. The van der Waals surface area contributed by atoms with Gasteiger partial charge in [0.2, 0.25) is 0 Å². The molecule has 29 heavy (non-hydrogen) atoms. The summed E-state index contributed by atoms with van der Waals surface area (Å²) in [6.45, 7) is 3.73. The fraction of sp³-hybridized carbons (Fsp3) is 0.273. The van der Waals surface area contributed by atoms with Crippen LogP contribution in [0.3, 0.4) is 0 Å². The van der Waals surface area contributed by atoms with Gasteiger partial charge in [0.15, 0.2) is 0 Å². The van der Waals surface area contributed by atoms with Crippen molar-refractivity contribution in [1.29, 1.82) is 0 Å². The number of nitrogens with one attached hydrogen (secondary N) is 2. The Hall–Kier alpha value is -2.70. The van der Waals surface area contributed by atoms with E-state index in [0.717, 1.165) is 42.9 Å². The number of carbonyl (C=O) groups excluding carboxylic acids is 1. The Balaban J connectivity index is 1.75. The summed E-state index contributed by atoms with van der Waals surface area (Å²) in [4.78, 5) is 13.1. The molecule has 1 amide bonds. The van der Waals surface area contributed by atoms with Crippen LogP contribution in [0.25, 0.3) is 5.69 Å². The maximum Gasteiger partial charge on any atom is 0.259 e. The minimum atomic E-state index is -0.345. The van der Waals surface area contributed by atoms with Crippen LogP contribution in [-0.4, -0.2) is 28.8 Å². The van der Waals surface area contributed by atoms with Gasteiger partial charge < -0.3 is 10.6 Å². The molecule has 1 aliphatic heterocycles. The van der Waals surface area contributed by atoms with E-state index in [4.69, 9.17) is 11.6 Å². The molecule has 1 aromatic heterocycles. The number of aromatic nitrogens is 2. The fourth-order valence-electron chi connectivity index (χ4n) is 3.77. The third-order valence-electron chi connectivity index (χ3n) is 5.35. The van der Waals surface area contributed by atoms with Gasteiger partial charge in [-0.05, 0) is 74.8 Å². The first kappa shape index (κ1) is 19.6. The summed E-state index contributed by atoms with van der Waals surface area (Å²) in [5, 5.41) is 11.4. The van der Waals surface area contributed by atoms with Gasteiger partial charge in [-0.15, -0.1) is 0 Å². The first-order valence-electron chi connectivity index (χ1n) is 9.65. The summed E-state index contributed by atoms with van der Waals surface area (Å²) in [5.74, 6) is -0.398. The van der Waals surface area contributed by atoms with Gasteiger partial charge in [0.05, 0.1) is 23.1 Å². The number of hydrogen-bond acceptors (Lipinski definition) is 3. The van der Waals surface area contributed by atoms with Crippen LogP contribution in [0.15, 0.2) is 48.7 Å². The van der Waals surface area contributed by atoms with Crippen LogP contribution in [0.4, 0.5) is 10.1 Å². The second kappa shape index (κ2) is 8.35. The zero-order valence-electron chi connectivity index (χ0n) is 16.1. The van der Waals surface area contributed by atoms with Crippen molar-refractivity contribution in [3.63, 3.8) is 0 Å². The van der Waals surface area contributed by atoms with E-state index in [0.29, 0.717) is 16.3 Å². The summed E-state index contributed by atoms with van der Waals surface area (Å²) < 4.78 is 15.0. The number of anilines is 1. The van der Waals surface area contributed by atoms with E-state index < -0.39 is 0 Å². The van der Waals surface area contributed by atoms with Crippen LogP contribution >= 0.6 is 11.6 Å². The zero-order valence-corrected chi connectivity index (χ0v) is 16.8. The minimum absolute atomic E-state index is 0.200. The normalized spacial score (nSPS) is 14.7. The highest BCUT2D eigenvalue weighted by atomic mass is 35.5. The Kier molecular flexibility index (Phi) is 5.65. The average molecular weight is 413 g/mol. The van der Waals surface area contributed by atoms with E-state index >= 15 is 0 Å². The van der Waals surface area contributed by atoms with Crippen molar-refractivity contribution in [3.05, 3.63) is 76.3 Å². The molecule has 0 unspecified atom stereocenters. The molecular formula is C22H22ClFN4O. The van der Waals surface area contributed by atoms with Gasteiger partial charge in [0.1, 0.15) is 5.82 Å². The molecule has 0 bridgehead atoms. The van der Waals surface area contributed by atoms with Gasteiger partial charge in [-0.2, -0.15) is 5.10 Å². The van der Waals surface area contributed by atoms with E-state index in [-0.39, 0.29) is 17.6 Å². The van der Waals surface area contributed by atoms with Crippen molar-refractivity contribution in [2.24, 2.45) is 0 Å². The predicted molar refractivity (Wildman–Crippen MR) is 113 cm³/mol. The monoisotopic (exact) mass is 412 g/mol. The van der Waals surface area contributed by atoms with Crippen LogP contribution in [0.5, 0.6) is 0 Å². The standard InChI is InChI=1S/C22H22ClFN4O/c1-14-19(23)3-2-4-20(14)28-21(15-9-11-25-12-10-15)18(13-26-28)22(29)27-17-7-5-16(24)6-8-17/h2-8,13,15,25H,9-12H2,1H3,(H,27,29). The average Bonchev–Trinajstić information content (AvgIpc) is 3.17. The van der Waals surface area contributed by atoms with Gasteiger partial charge in [-0.3, -0.25) is 4.79 Å². The lowest BCUT2D eigenvalue weighted by atomic mass is 9.91. The molecule has 0 radical (unpaired) electrons. The summed E-state index contributed by atoms with van der Waals surface area (Å²) in [5.41, 5.74) is 3.74. The SMILES string of the molecule is Cc1c(Cl)cccc1-n1ncc(C(=O)Nc2ccc(F)cc2)c1C1CCNCC1. The van der Waals surface area contributed by atoms with E-state index in [1.54, 1.807) is 18.3 Å². The lowest BCUT2D eigenvalue weighted by Gasteiger charge is -2.25. The topological polar surface area (TPSA) is 59.0 Å². The van der Waals surface area contributed by atoms with Gasteiger partial charge >= 0.3 is 0 Å². The molecular weight excluding hydrogens is 391 g/mol. The predicted octanol–water partition coefficient (Wildman–Crippen LogP) is 4.69. The number of benzene rings is 2. The molecule has 2 N–H and O–H groups in total. The third kappa shape index (κ3) is 4.04. The third-order valence-corrected chi connectivity index (χ3v) is 5.76. The lowest BCUT2D eigenvalue weighted by molar-refractivity contribution is 0.102. The molecule has 2 heterocycles. The van der Waals surface area contributed by atoms with Crippen LogP contribution in [-0.2, 0) is 0 Å². The zero-order chi connectivity index (χ0) is 20.4. The largest absolute Gasteiger partial charge is 0.322 e. The van der Waals surface area contributed by atoms with Crippen LogP contribution < -0.4 is 10.6 Å². The van der Waals surface area contributed by atoms with Crippen molar-refractivity contribution in [2.75, 3.05) is 18.4 Å². The highest BCUT2D eigenvalue weighted by Gasteiger charge is 2.27. The Morgan fingerprint density at radius 3 is 2.66 bits per heavy atom. The van der Waals surface area contributed by atoms with E-state index in [9.17, 15) is 9.18 Å². The van der Waals surface area contributed by atoms with E-state index in [1.165, 1.54) is 12.1 Å². The summed E-state index contributed by atoms with van der Waals surface area (Å²) in [6.07, 6.45) is 3.45. The van der Waals surface area contributed by atoms with Crippen molar-refractivity contribution < 1.29 is 9.18 Å². The lowest BCUT2D eigenvalue weighted by Crippen LogP contribution is -2.29. The number of carbonyl (C=O) groups is 1. The maximum atomic E-state index is 13.2. The second-order valence-corrected chi connectivity index (χ2v) is 7.63. The van der Waals surface area contributed by atoms with Gasteiger partial charge in [-0.25, -0.2) is 9.07 Å². The smallest absolute Gasteiger partial charge is 0.259 e. The first-order valence-corrected chi connectivity index (χ1v) is 10.0. The highest BCUT2D eigenvalue weighted by molar-refractivity contribution is 6.31. The summed E-state index contributed by atoms with van der Waals surface area (Å²) >= 11 is 6.33. The van der Waals surface area contributed by atoms with Crippen molar-refractivity contribution in [2.45, 2.75) is 25.7 Å². The van der Waals surface area contributed by atoms with Crippen LogP contribution in [0, 0.1) is 12.7 Å². The first-order chi connectivity index (χ1) is 14.0. The molecule has 5 nitrogen and oxygen atoms in total. The Morgan fingerprint density at radius 2 is 1.93 bits per heavy atom. The molecule has 0 atom stereocenters. The molecule has 0 aliphatic carbocycles. The second-order valence-electron chi connectivity index (χ2n) is 7.22. The molecule has 0 saturated carbocycles. The molecule has 0 spiro atoms. The van der Waals surface area contributed by atoms with Gasteiger partial charge in [0.25, 0.3) is 5.91 Å². The number of rotatable bonds is 4. The minimum Gasteiger partial charge on any atom is -0.322 e. The van der Waals surface area contributed by atoms with E-state index in [1.807, 2.05) is 29.8 Å². The number of piperidine rings is 1. The molecule has 150 valence electrons. The summed E-state index contributed by atoms with van der Waals surface area (Å²) in [6, 6.07) is 11.4. The molecule has 1 saturated heterocycles. The van der Waals surface area contributed by atoms with Gasteiger partial charge in [0, 0.05) is 16.6 Å². The van der Waals surface area contributed by atoms with Gasteiger partial charge in [-0.1, -0.05) is 17.7 Å². The number of hydrogen-bond donors (Lipinski definition) is 2. The summed E-state index contributed by atoms with van der Waals surface area (Å²) in [7, 11) is 0. The number of halogens is 2. The van der Waals surface area contributed by atoms with Crippen molar-refractivity contribution >= 4 is 23.2 Å². The van der Waals surface area contributed by atoms with Crippen molar-refractivity contribution in [3.8, 4) is 5.69 Å². The Labute approximate surface area is 173 Å². The Bertz CT molecular complexity index is 1030. The molecule has 2 aromatic carbocycles. The molecule has 3 aromatic rings. The van der Waals surface area contributed by atoms with E-state index in [2.05, 4.69) is 15.7 Å². The van der Waals surface area contributed by atoms with Crippen LogP contribution in [0.1, 0.15) is 40.4 Å². The quantitative estimate of drug-likeness (QED) is 0.653. The molecule has 7 heteroatoms. The van der Waals surface area contributed by atoms with Crippen molar-refractivity contribution in [1.82, 2.24) is 15.1 Å². The molecule has 4 rings (SSSR count). The molecule has 1 aliphatic rings. The molecule has 1 fully saturated rings.